The number of rotatable bonds is 2. The van der Waals surface area contributed by atoms with Gasteiger partial charge in [0.05, 0.1) is 12.2 Å². The van der Waals surface area contributed by atoms with Crippen LogP contribution in [0, 0.1) is 5.82 Å². The largest absolute Gasteiger partial charge is 0.465 e. The van der Waals surface area contributed by atoms with E-state index in [2.05, 4.69) is 15.0 Å². The lowest BCUT2D eigenvalue weighted by Gasteiger charge is -2.26. The molecule has 0 atom stereocenters. The molecule has 0 saturated carbocycles. The maximum Gasteiger partial charge on any atom is 0.407 e. The molecule has 0 bridgehead atoms. The molecule has 0 saturated heterocycles. The summed E-state index contributed by atoms with van der Waals surface area (Å²) in [5.41, 5.74) is 1.97. The number of aromatic nitrogens is 3. The fraction of sp³-hybridized carbons (Fsp3) is 0.188. The number of aromatic amines is 1. The molecule has 2 aromatic heterocycles. The summed E-state index contributed by atoms with van der Waals surface area (Å²) in [6.45, 7) is 0.494. The minimum absolute atomic E-state index is 0.0728. The summed E-state index contributed by atoms with van der Waals surface area (Å²) < 4.78 is 20.2. The highest BCUT2D eigenvalue weighted by atomic mass is 19.1. The van der Waals surface area contributed by atoms with Crippen molar-refractivity contribution in [2.75, 3.05) is 6.54 Å². The second-order valence-corrected chi connectivity index (χ2v) is 5.48. The molecule has 7 nitrogen and oxygen atoms in total. The maximum absolute atomic E-state index is 14.5. The fourth-order valence-electron chi connectivity index (χ4n) is 2.84. The van der Waals surface area contributed by atoms with Crippen LogP contribution >= 0.6 is 0 Å². The van der Waals surface area contributed by atoms with E-state index in [0.29, 0.717) is 35.1 Å². The lowest BCUT2D eigenvalue weighted by molar-refractivity contribution is 0.138. The topological polar surface area (TPSA) is 91.3 Å². The molecule has 0 aliphatic carbocycles. The second-order valence-electron chi connectivity index (χ2n) is 5.48. The van der Waals surface area contributed by atoms with Crippen molar-refractivity contribution in [2.45, 2.75) is 13.0 Å². The Kier molecular flexibility index (Phi) is 3.30. The number of carboxylic acid groups (broad SMARTS) is 1. The maximum atomic E-state index is 14.5. The molecule has 24 heavy (non-hydrogen) atoms. The molecule has 3 heterocycles. The van der Waals surface area contributed by atoms with Crippen LogP contribution in [0.4, 0.5) is 9.18 Å². The summed E-state index contributed by atoms with van der Waals surface area (Å²) in [5.74, 6) is -0.133. The molecule has 0 spiro atoms. The van der Waals surface area contributed by atoms with Gasteiger partial charge >= 0.3 is 6.09 Å². The van der Waals surface area contributed by atoms with Crippen molar-refractivity contribution in [2.24, 2.45) is 0 Å². The Morgan fingerprint density at radius 2 is 2.21 bits per heavy atom. The van der Waals surface area contributed by atoms with Gasteiger partial charge in [0.25, 0.3) is 0 Å². The van der Waals surface area contributed by atoms with Crippen molar-refractivity contribution in [3.63, 3.8) is 0 Å². The molecule has 3 aromatic rings. The number of benzene rings is 1. The molecule has 8 heteroatoms. The second kappa shape index (κ2) is 5.48. The van der Waals surface area contributed by atoms with Crippen molar-refractivity contribution in [1.82, 2.24) is 19.9 Å². The summed E-state index contributed by atoms with van der Waals surface area (Å²) >= 11 is 0. The van der Waals surface area contributed by atoms with Crippen LogP contribution in [0.3, 0.4) is 0 Å². The molecule has 0 fully saturated rings. The first-order chi connectivity index (χ1) is 11.6. The number of amides is 1. The van der Waals surface area contributed by atoms with Crippen LogP contribution in [0.15, 0.2) is 30.7 Å². The molecule has 1 aliphatic rings. The van der Waals surface area contributed by atoms with Crippen molar-refractivity contribution in [3.8, 4) is 11.6 Å². The first-order valence-corrected chi connectivity index (χ1v) is 7.37. The van der Waals surface area contributed by atoms with Crippen molar-refractivity contribution < 1.29 is 19.0 Å². The van der Waals surface area contributed by atoms with Gasteiger partial charge in [-0.05, 0) is 24.6 Å². The standard InChI is InChI=1S/C16H13FN4O3/c17-14-9-3-5-18-11(9)1-2-13(14)24-15-10-4-6-21(16(22)23)7-12(10)19-8-20-15/h1-3,5,8,18H,4,6-7H2,(H,22,23). The highest BCUT2D eigenvalue weighted by Gasteiger charge is 2.25. The molecule has 4 rings (SSSR count). The zero-order valence-corrected chi connectivity index (χ0v) is 12.5. The van der Waals surface area contributed by atoms with Crippen LogP contribution in [0.2, 0.25) is 0 Å². The summed E-state index contributed by atoms with van der Waals surface area (Å²) in [7, 11) is 0. The summed E-state index contributed by atoms with van der Waals surface area (Å²) in [4.78, 5) is 23.5. The SMILES string of the molecule is O=C(O)N1CCc2c(ncnc2Oc2ccc3[nH]ccc3c2F)C1. The number of ether oxygens (including phenoxy) is 1. The van der Waals surface area contributed by atoms with Crippen LogP contribution < -0.4 is 4.74 Å². The zero-order chi connectivity index (χ0) is 16.7. The number of nitrogens with one attached hydrogen (secondary N) is 1. The third-order valence-electron chi connectivity index (χ3n) is 4.08. The Bertz CT molecular complexity index is 940. The van der Waals surface area contributed by atoms with Gasteiger partial charge in [-0.2, -0.15) is 0 Å². The Balaban J connectivity index is 1.69. The number of fused-ring (bicyclic) bond motifs is 2. The first-order valence-electron chi connectivity index (χ1n) is 7.37. The Hall–Kier alpha value is -3.16. The third-order valence-corrected chi connectivity index (χ3v) is 4.08. The highest BCUT2D eigenvalue weighted by molar-refractivity contribution is 5.81. The van der Waals surface area contributed by atoms with Gasteiger partial charge in [-0.3, -0.25) is 0 Å². The average molecular weight is 328 g/mol. The lowest BCUT2D eigenvalue weighted by atomic mass is 10.1. The van der Waals surface area contributed by atoms with Gasteiger partial charge in [0, 0.05) is 29.2 Å². The van der Waals surface area contributed by atoms with Crippen LogP contribution in [-0.2, 0) is 13.0 Å². The van der Waals surface area contributed by atoms with E-state index < -0.39 is 11.9 Å². The Morgan fingerprint density at radius 1 is 1.33 bits per heavy atom. The molecule has 1 aliphatic heterocycles. The van der Waals surface area contributed by atoms with Crippen LogP contribution in [0.5, 0.6) is 11.6 Å². The van der Waals surface area contributed by atoms with Crippen molar-refractivity contribution in [3.05, 3.63) is 47.8 Å². The number of H-pyrrole nitrogens is 1. The fourth-order valence-corrected chi connectivity index (χ4v) is 2.84. The third kappa shape index (κ3) is 2.32. The van der Waals surface area contributed by atoms with E-state index in [1.807, 2.05) is 0 Å². The van der Waals surface area contributed by atoms with E-state index in [-0.39, 0.29) is 18.2 Å². The monoisotopic (exact) mass is 328 g/mol. The summed E-state index contributed by atoms with van der Waals surface area (Å²) in [6.07, 6.45) is 2.38. The Labute approximate surface area is 135 Å². The van der Waals surface area contributed by atoms with Crippen LogP contribution in [0.25, 0.3) is 10.9 Å². The van der Waals surface area contributed by atoms with Gasteiger partial charge in [0.1, 0.15) is 6.33 Å². The van der Waals surface area contributed by atoms with Gasteiger partial charge in [-0.15, -0.1) is 0 Å². The van der Waals surface area contributed by atoms with Crippen molar-refractivity contribution in [1.29, 1.82) is 0 Å². The number of hydrogen-bond acceptors (Lipinski definition) is 4. The van der Waals surface area contributed by atoms with E-state index in [1.165, 1.54) is 17.3 Å². The van der Waals surface area contributed by atoms with E-state index in [4.69, 9.17) is 9.84 Å². The van der Waals surface area contributed by atoms with Gasteiger partial charge < -0.3 is 19.7 Å². The zero-order valence-electron chi connectivity index (χ0n) is 12.5. The number of nitrogens with zero attached hydrogens (tertiary/aromatic N) is 3. The minimum atomic E-state index is -0.995. The number of hydrogen-bond donors (Lipinski definition) is 2. The normalized spacial score (nSPS) is 13.8. The number of halogens is 1. The predicted molar refractivity (Wildman–Crippen MR) is 82.5 cm³/mol. The predicted octanol–water partition coefficient (Wildman–Crippen LogP) is 2.93. The van der Waals surface area contributed by atoms with E-state index in [9.17, 15) is 9.18 Å². The van der Waals surface area contributed by atoms with Crippen LogP contribution in [-0.4, -0.2) is 37.6 Å². The molecule has 122 valence electrons. The van der Waals surface area contributed by atoms with E-state index in [0.717, 1.165) is 0 Å². The first kappa shape index (κ1) is 14.4. The van der Waals surface area contributed by atoms with Gasteiger partial charge in [0.15, 0.2) is 11.6 Å². The van der Waals surface area contributed by atoms with Gasteiger partial charge in [-0.1, -0.05) is 0 Å². The van der Waals surface area contributed by atoms with Gasteiger partial charge in [-0.25, -0.2) is 19.2 Å². The average Bonchev–Trinajstić information content (AvgIpc) is 3.06. The highest BCUT2D eigenvalue weighted by Crippen LogP contribution is 2.32. The van der Waals surface area contributed by atoms with E-state index in [1.54, 1.807) is 18.3 Å². The quantitative estimate of drug-likeness (QED) is 0.755. The molecular weight excluding hydrogens is 315 g/mol. The molecule has 2 N–H and O–H groups in total. The van der Waals surface area contributed by atoms with Crippen LogP contribution in [0.1, 0.15) is 11.3 Å². The molecule has 1 aromatic carbocycles. The minimum Gasteiger partial charge on any atom is -0.465 e. The summed E-state index contributed by atoms with van der Waals surface area (Å²) in [6, 6.07) is 4.90. The molecule has 1 amide bonds. The smallest absolute Gasteiger partial charge is 0.407 e. The lowest BCUT2D eigenvalue weighted by Crippen LogP contribution is -2.35. The van der Waals surface area contributed by atoms with Gasteiger partial charge in [0.2, 0.25) is 5.88 Å². The van der Waals surface area contributed by atoms with Crippen molar-refractivity contribution >= 4 is 17.0 Å². The van der Waals surface area contributed by atoms with E-state index >= 15 is 0 Å². The molecular formula is C16H13FN4O3. The molecule has 0 unspecified atom stereocenters. The summed E-state index contributed by atoms with van der Waals surface area (Å²) in [5, 5.41) is 9.52. The molecule has 0 radical (unpaired) electrons. The Morgan fingerprint density at radius 3 is 3.04 bits per heavy atom. The number of carbonyl (C=O) groups is 1.